The van der Waals surface area contributed by atoms with E-state index in [0.717, 1.165) is 29.3 Å². The van der Waals surface area contributed by atoms with Gasteiger partial charge in [0.1, 0.15) is 6.04 Å². The van der Waals surface area contributed by atoms with E-state index >= 15 is 0 Å². The van der Waals surface area contributed by atoms with E-state index in [1.165, 1.54) is 5.56 Å². The minimum atomic E-state index is -0.208. The molecule has 126 valence electrons. The number of carbonyl (C=O) groups is 1. The Hall–Kier alpha value is -1.65. The Balaban J connectivity index is 1.81. The molecule has 0 saturated heterocycles. The highest BCUT2D eigenvalue weighted by Gasteiger charge is 2.32. The Morgan fingerprint density at radius 3 is 2.38 bits per heavy atom. The van der Waals surface area contributed by atoms with Crippen molar-refractivity contribution in [2.24, 2.45) is 0 Å². The molecule has 4 heteroatoms. The topological polar surface area (TPSA) is 45.7 Å². The summed E-state index contributed by atoms with van der Waals surface area (Å²) in [4.78, 5) is 12.8. The maximum absolute atomic E-state index is 12.8. The molecule has 1 aliphatic carbocycles. The summed E-state index contributed by atoms with van der Waals surface area (Å²) in [6, 6.07) is 18.9. The molecule has 1 amide bonds. The SMILES string of the molecule is CC[C@H]([NH2+][C@@H](C(=O)NC1CC1)c1ccccc1)c1ccc(Br)cc1. The largest absolute Gasteiger partial charge is 0.348 e. The predicted molar refractivity (Wildman–Crippen MR) is 99.4 cm³/mol. The quantitative estimate of drug-likeness (QED) is 0.750. The van der Waals surface area contributed by atoms with Crippen LogP contribution < -0.4 is 10.6 Å². The minimum Gasteiger partial charge on any atom is -0.348 e. The molecule has 2 atom stereocenters. The molecule has 24 heavy (non-hydrogen) atoms. The molecule has 0 unspecified atom stereocenters. The van der Waals surface area contributed by atoms with E-state index in [-0.39, 0.29) is 18.0 Å². The molecule has 3 N–H and O–H groups in total. The summed E-state index contributed by atoms with van der Waals surface area (Å²) in [7, 11) is 0. The lowest BCUT2D eigenvalue weighted by molar-refractivity contribution is -0.722. The van der Waals surface area contributed by atoms with Gasteiger partial charge in [0.25, 0.3) is 5.91 Å². The average molecular weight is 388 g/mol. The van der Waals surface area contributed by atoms with Crippen LogP contribution in [0.4, 0.5) is 0 Å². The lowest BCUT2D eigenvalue weighted by atomic mass is 10.00. The standard InChI is InChI=1S/C20H23BrN2O/c1-2-18(14-8-10-16(21)11-9-14)23-19(15-6-4-3-5-7-15)20(24)22-17-12-13-17/h3-11,17-19,23H,2,12-13H2,1H3,(H,22,24)/p+1/t18-,19+/m0/s1. The van der Waals surface area contributed by atoms with Crippen LogP contribution in [-0.2, 0) is 4.79 Å². The van der Waals surface area contributed by atoms with Crippen LogP contribution in [-0.4, -0.2) is 11.9 Å². The number of nitrogens with one attached hydrogen (secondary N) is 1. The van der Waals surface area contributed by atoms with Gasteiger partial charge in [0.2, 0.25) is 0 Å². The molecule has 1 aliphatic rings. The summed E-state index contributed by atoms with van der Waals surface area (Å²) in [6.45, 7) is 2.17. The van der Waals surface area contributed by atoms with Crippen LogP contribution in [0.1, 0.15) is 49.4 Å². The zero-order valence-electron chi connectivity index (χ0n) is 13.9. The maximum atomic E-state index is 12.8. The van der Waals surface area contributed by atoms with Crippen LogP contribution in [0.3, 0.4) is 0 Å². The zero-order chi connectivity index (χ0) is 16.9. The first kappa shape index (κ1) is 17.2. The van der Waals surface area contributed by atoms with Crippen molar-refractivity contribution in [3.63, 3.8) is 0 Å². The Morgan fingerprint density at radius 1 is 1.12 bits per heavy atom. The van der Waals surface area contributed by atoms with E-state index < -0.39 is 0 Å². The molecule has 3 rings (SSSR count). The van der Waals surface area contributed by atoms with Crippen LogP contribution in [0.5, 0.6) is 0 Å². The molecule has 2 aromatic rings. The van der Waals surface area contributed by atoms with Gasteiger partial charge in [-0.2, -0.15) is 0 Å². The van der Waals surface area contributed by atoms with Crippen molar-refractivity contribution in [2.45, 2.75) is 44.3 Å². The van der Waals surface area contributed by atoms with Crippen LogP contribution in [0.25, 0.3) is 0 Å². The number of hydrogen-bond acceptors (Lipinski definition) is 1. The van der Waals surface area contributed by atoms with Crippen LogP contribution >= 0.6 is 15.9 Å². The van der Waals surface area contributed by atoms with Gasteiger partial charge in [0.05, 0.1) is 0 Å². The van der Waals surface area contributed by atoms with Gasteiger partial charge in [-0.1, -0.05) is 65.3 Å². The molecule has 0 heterocycles. The van der Waals surface area contributed by atoms with Crippen LogP contribution in [0.2, 0.25) is 0 Å². The van der Waals surface area contributed by atoms with E-state index in [2.05, 4.69) is 57.8 Å². The zero-order valence-corrected chi connectivity index (χ0v) is 15.5. The van der Waals surface area contributed by atoms with E-state index in [1.807, 2.05) is 30.3 Å². The summed E-state index contributed by atoms with van der Waals surface area (Å²) in [5.74, 6) is 0.124. The Labute approximate surface area is 152 Å². The van der Waals surface area contributed by atoms with Crippen molar-refractivity contribution in [3.8, 4) is 0 Å². The number of quaternary nitrogens is 1. The van der Waals surface area contributed by atoms with Crippen molar-refractivity contribution in [1.82, 2.24) is 5.32 Å². The van der Waals surface area contributed by atoms with Crippen molar-refractivity contribution < 1.29 is 10.1 Å². The van der Waals surface area contributed by atoms with Crippen molar-refractivity contribution in [1.29, 1.82) is 0 Å². The summed E-state index contributed by atoms with van der Waals surface area (Å²) in [5, 5.41) is 5.37. The maximum Gasteiger partial charge on any atom is 0.283 e. The number of halogens is 1. The molecule has 1 saturated carbocycles. The fourth-order valence-corrected chi connectivity index (χ4v) is 3.22. The number of amides is 1. The summed E-state index contributed by atoms with van der Waals surface area (Å²) in [5.41, 5.74) is 2.31. The van der Waals surface area contributed by atoms with Crippen molar-refractivity contribution >= 4 is 21.8 Å². The van der Waals surface area contributed by atoms with Gasteiger partial charge >= 0.3 is 0 Å². The molecule has 0 aromatic heterocycles. The van der Waals surface area contributed by atoms with Crippen molar-refractivity contribution in [2.75, 3.05) is 0 Å². The second kappa shape index (κ2) is 7.95. The molecular formula is C20H24BrN2O+. The molecule has 0 spiro atoms. The normalized spacial score (nSPS) is 16.4. The predicted octanol–water partition coefficient (Wildman–Crippen LogP) is 3.48. The molecular weight excluding hydrogens is 364 g/mol. The summed E-state index contributed by atoms with van der Waals surface area (Å²) >= 11 is 3.49. The van der Waals surface area contributed by atoms with Crippen molar-refractivity contribution in [3.05, 3.63) is 70.2 Å². The van der Waals surface area contributed by atoms with Gasteiger partial charge < -0.3 is 10.6 Å². The highest BCUT2D eigenvalue weighted by molar-refractivity contribution is 9.10. The Morgan fingerprint density at radius 2 is 1.79 bits per heavy atom. The number of rotatable bonds is 7. The van der Waals surface area contributed by atoms with E-state index in [9.17, 15) is 4.79 Å². The summed E-state index contributed by atoms with van der Waals surface area (Å²) in [6.07, 6.45) is 3.19. The Bertz CT molecular complexity index is 668. The lowest BCUT2D eigenvalue weighted by Crippen LogP contribution is -2.88. The van der Waals surface area contributed by atoms with E-state index in [1.54, 1.807) is 0 Å². The smallest absolute Gasteiger partial charge is 0.283 e. The lowest BCUT2D eigenvalue weighted by Gasteiger charge is -2.22. The second-order valence-electron chi connectivity index (χ2n) is 6.43. The van der Waals surface area contributed by atoms with Crippen LogP contribution in [0, 0.1) is 0 Å². The van der Waals surface area contributed by atoms with Crippen LogP contribution in [0.15, 0.2) is 59.1 Å². The molecule has 0 radical (unpaired) electrons. The average Bonchev–Trinajstić information content (AvgIpc) is 3.41. The molecule has 0 bridgehead atoms. The Kier molecular flexibility index (Phi) is 5.69. The van der Waals surface area contributed by atoms with Gasteiger partial charge in [0.15, 0.2) is 6.04 Å². The third-order valence-electron chi connectivity index (χ3n) is 4.53. The first-order chi connectivity index (χ1) is 11.7. The summed E-state index contributed by atoms with van der Waals surface area (Å²) < 4.78 is 1.08. The van der Waals surface area contributed by atoms with E-state index in [4.69, 9.17) is 0 Å². The highest BCUT2D eigenvalue weighted by Crippen LogP contribution is 2.22. The van der Waals surface area contributed by atoms with Gasteiger partial charge in [0, 0.05) is 28.1 Å². The number of carbonyl (C=O) groups excluding carboxylic acids is 1. The number of benzene rings is 2. The van der Waals surface area contributed by atoms with Gasteiger partial charge in [-0.3, -0.25) is 4.79 Å². The number of nitrogens with two attached hydrogens (primary N) is 1. The minimum absolute atomic E-state index is 0.124. The fourth-order valence-electron chi connectivity index (χ4n) is 2.95. The molecule has 2 aromatic carbocycles. The second-order valence-corrected chi connectivity index (χ2v) is 7.35. The highest BCUT2D eigenvalue weighted by atomic mass is 79.9. The monoisotopic (exact) mass is 387 g/mol. The third kappa shape index (κ3) is 4.46. The first-order valence-electron chi connectivity index (χ1n) is 8.63. The molecule has 3 nitrogen and oxygen atoms in total. The van der Waals surface area contributed by atoms with E-state index in [0.29, 0.717) is 6.04 Å². The van der Waals surface area contributed by atoms with Gasteiger partial charge in [-0.15, -0.1) is 0 Å². The molecule has 1 fully saturated rings. The molecule has 0 aliphatic heterocycles. The van der Waals surface area contributed by atoms with Gasteiger partial charge in [-0.25, -0.2) is 0 Å². The van der Waals surface area contributed by atoms with Gasteiger partial charge in [-0.05, 0) is 25.0 Å². The fraction of sp³-hybridized carbons (Fsp3) is 0.350. The number of hydrogen-bond donors (Lipinski definition) is 2. The third-order valence-corrected chi connectivity index (χ3v) is 5.06. The first-order valence-corrected chi connectivity index (χ1v) is 9.42.